The van der Waals surface area contributed by atoms with Gasteiger partial charge in [-0.1, -0.05) is 22.0 Å². The van der Waals surface area contributed by atoms with Crippen molar-refractivity contribution in [3.05, 3.63) is 62.4 Å². The first-order chi connectivity index (χ1) is 10.1. The lowest BCUT2D eigenvalue weighted by atomic mass is 10.1. The number of hydrogen-bond donors (Lipinski definition) is 0. The van der Waals surface area contributed by atoms with E-state index in [2.05, 4.69) is 20.9 Å². The standard InChI is InChI=1S/C14H10BrN3O3/c15-10-7-9-4-6-17(13(9)12(8-10)18(20)21)14(19)11-3-1-2-5-16-11/h1-3,5,7-8H,4,6H2. The molecule has 0 radical (unpaired) electrons. The highest BCUT2D eigenvalue weighted by atomic mass is 79.9. The first-order valence-electron chi connectivity index (χ1n) is 6.27. The second-order valence-electron chi connectivity index (χ2n) is 4.61. The van der Waals surface area contributed by atoms with E-state index in [0.29, 0.717) is 23.1 Å². The summed E-state index contributed by atoms with van der Waals surface area (Å²) in [5, 5.41) is 11.2. The van der Waals surface area contributed by atoms with Crippen LogP contribution in [0.5, 0.6) is 0 Å². The highest BCUT2D eigenvalue weighted by Gasteiger charge is 2.33. The van der Waals surface area contributed by atoms with E-state index in [1.807, 2.05) is 6.07 Å². The Morgan fingerprint density at radius 3 is 2.86 bits per heavy atom. The van der Waals surface area contributed by atoms with Crippen molar-refractivity contribution in [2.75, 3.05) is 11.4 Å². The van der Waals surface area contributed by atoms with Crippen molar-refractivity contribution in [3.8, 4) is 0 Å². The normalized spacial score (nSPS) is 13.1. The number of nitro benzene ring substituents is 1. The first-order valence-corrected chi connectivity index (χ1v) is 7.07. The molecule has 2 aromatic rings. The van der Waals surface area contributed by atoms with Crippen LogP contribution in [0.3, 0.4) is 0 Å². The highest BCUT2D eigenvalue weighted by Crippen LogP contribution is 2.40. The summed E-state index contributed by atoms with van der Waals surface area (Å²) in [7, 11) is 0. The van der Waals surface area contributed by atoms with Crippen LogP contribution >= 0.6 is 15.9 Å². The number of aromatic nitrogens is 1. The third-order valence-electron chi connectivity index (χ3n) is 3.33. The first kappa shape index (κ1) is 13.7. The van der Waals surface area contributed by atoms with Crippen molar-refractivity contribution in [2.45, 2.75) is 6.42 Å². The fraction of sp³-hybridized carbons (Fsp3) is 0.143. The molecule has 3 rings (SSSR count). The summed E-state index contributed by atoms with van der Waals surface area (Å²) in [4.78, 5) is 28.7. The van der Waals surface area contributed by atoms with E-state index in [1.54, 1.807) is 18.2 Å². The Hall–Kier alpha value is -2.28. The molecule has 0 unspecified atom stereocenters. The number of carbonyl (C=O) groups excluding carboxylic acids is 1. The van der Waals surface area contributed by atoms with Gasteiger partial charge in [-0.15, -0.1) is 0 Å². The molecule has 0 spiro atoms. The topological polar surface area (TPSA) is 76.3 Å². The lowest BCUT2D eigenvalue weighted by molar-refractivity contribution is -0.384. The van der Waals surface area contributed by atoms with Crippen molar-refractivity contribution in [1.29, 1.82) is 0 Å². The number of amides is 1. The van der Waals surface area contributed by atoms with E-state index >= 15 is 0 Å². The molecule has 0 saturated carbocycles. The number of nitro groups is 1. The minimum atomic E-state index is -0.465. The Morgan fingerprint density at radius 2 is 2.19 bits per heavy atom. The number of pyridine rings is 1. The fourth-order valence-electron chi connectivity index (χ4n) is 2.46. The number of hydrogen-bond acceptors (Lipinski definition) is 4. The quantitative estimate of drug-likeness (QED) is 0.618. The van der Waals surface area contributed by atoms with Gasteiger partial charge in [-0.05, 0) is 30.2 Å². The average molecular weight is 348 g/mol. The SMILES string of the molecule is O=C(c1ccccn1)N1CCc2cc(Br)cc([N+](=O)[O-])c21. The Kier molecular flexibility index (Phi) is 3.42. The van der Waals surface area contributed by atoms with Crippen LogP contribution in [-0.4, -0.2) is 22.4 Å². The summed E-state index contributed by atoms with van der Waals surface area (Å²) < 4.78 is 0.639. The number of fused-ring (bicyclic) bond motifs is 1. The Morgan fingerprint density at radius 1 is 1.38 bits per heavy atom. The lowest BCUT2D eigenvalue weighted by Crippen LogP contribution is -2.30. The van der Waals surface area contributed by atoms with E-state index < -0.39 is 4.92 Å². The molecule has 1 aromatic heterocycles. The smallest absolute Gasteiger partial charge is 0.294 e. The van der Waals surface area contributed by atoms with Gasteiger partial charge in [0, 0.05) is 23.3 Å². The zero-order valence-corrected chi connectivity index (χ0v) is 12.4. The van der Waals surface area contributed by atoms with Crippen molar-refractivity contribution < 1.29 is 9.72 Å². The predicted molar refractivity (Wildman–Crippen MR) is 80.4 cm³/mol. The van der Waals surface area contributed by atoms with E-state index in [9.17, 15) is 14.9 Å². The zero-order valence-electron chi connectivity index (χ0n) is 10.8. The van der Waals surface area contributed by atoms with Gasteiger partial charge < -0.3 is 4.90 Å². The lowest BCUT2D eigenvalue weighted by Gasteiger charge is -2.16. The molecule has 2 heterocycles. The summed E-state index contributed by atoms with van der Waals surface area (Å²) >= 11 is 3.27. The number of rotatable bonds is 2. The second kappa shape index (κ2) is 5.25. The molecule has 0 fully saturated rings. The van der Waals surface area contributed by atoms with Gasteiger partial charge in [0.2, 0.25) is 0 Å². The number of benzene rings is 1. The third-order valence-corrected chi connectivity index (χ3v) is 3.79. The average Bonchev–Trinajstić information content (AvgIpc) is 2.90. The summed E-state index contributed by atoms with van der Waals surface area (Å²) in [5.74, 6) is -0.320. The molecule has 0 aliphatic carbocycles. The molecular formula is C14H10BrN3O3. The maximum Gasteiger partial charge on any atom is 0.294 e. The summed E-state index contributed by atoms with van der Waals surface area (Å²) in [6, 6.07) is 8.27. The predicted octanol–water partition coefficient (Wildman–Crippen LogP) is 2.96. The monoisotopic (exact) mass is 347 g/mol. The molecule has 1 aromatic carbocycles. The Labute approximate surface area is 128 Å². The van der Waals surface area contributed by atoms with E-state index in [0.717, 1.165) is 5.56 Å². The van der Waals surface area contributed by atoms with Crippen LogP contribution in [0.1, 0.15) is 16.1 Å². The molecule has 0 N–H and O–H groups in total. The molecule has 7 heteroatoms. The minimum Gasteiger partial charge on any atom is -0.300 e. The van der Waals surface area contributed by atoms with Crippen LogP contribution in [0.2, 0.25) is 0 Å². The van der Waals surface area contributed by atoms with Gasteiger partial charge in [0.25, 0.3) is 11.6 Å². The van der Waals surface area contributed by atoms with Gasteiger partial charge >= 0.3 is 0 Å². The summed E-state index contributed by atoms with van der Waals surface area (Å²) in [6.45, 7) is 0.419. The van der Waals surface area contributed by atoms with Gasteiger partial charge in [-0.2, -0.15) is 0 Å². The summed E-state index contributed by atoms with van der Waals surface area (Å²) in [5.41, 5.74) is 1.38. The maximum absolute atomic E-state index is 12.5. The molecular weight excluding hydrogens is 338 g/mol. The Bertz CT molecular complexity index is 734. The molecule has 21 heavy (non-hydrogen) atoms. The van der Waals surface area contributed by atoms with Crippen LogP contribution < -0.4 is 4.90 Å². The van der Waals surface area contributed by atoms with E-state index in [1.165, 1.54) is 17.2 Å². The summed E-state index contributed by atoms with van der Waals surface area (Å²) in [6.07, 6.45) is 2.12. The molecule has 0 saturated heterocycles. The molecule has 106 valence electrons. The van der Waals surface area contributed by atoms with Crippen molar-refractivity contribution >= 4 is 33.2 Å². The molecule has 1 aliphatic heterocycles. The zero-order chi connectivity index (χ0) is 15.0. The van der Waals surface area contributed by atoms with Crippen molar-refractivity contribution in [1.82, 2.24) is 4.98 Å². The van der Waals surface area contributed by atoms with Gasteiger partial charge in [-0.25, -0.2) is 0 Å². The van der Waals surface area contributed by atoms with Gasteiger partial charge in [0.05, 0.1) is 4.92 Å². The van der Waals surface area contributed by atoms with E-state index in [-0.39, 0.29) is 17.3 Å². The number of nitrogens with zero attached hydrogens (tertiary/aromatic N) is 3. The van der Waals surface area contributed by atoms with Crippen molar-refractivity contribution in [2.24, 2.45) is 0 Å². The largest absolute Gasteiger partial charge is 0.300 e. The molecule has 1 amide bonds. The highest BCUT2D eigenvalue weighted by molar-refractivity contribution is 9.10. The molecule has 0 atom stereocenters. The molecule has 6 nitrogen and oxygen atoms in total. The van der Waals surface area contributed by atoms with Crippen molar-refractivity contribution in [3.63, 3.8) is 0 Å². The van der Waals surface area contributed by atoms with Crippen LogP contribution in [0.25, 0.3) is 0 Å². The Balaban J connectivity index is 2.08. The third kappa shape index (κ3) is 2.40. The van der Waals surface area contributed by atoms with Gasteiger partial charge in [0.1, 0.15) is 11.4 Å². The van der Waals surface area contributed by atoms with E-state index in [4.69, 9.17) is 0 Å². The van der Waals surface area contributed by atoms with Crippen LogP contribution in [0.4, 0.5) is 11.4 Å². The number of carbonyl (C=O) groups is 1. The van der Waals surface area contributed by atoms with Gasteiger partial charge in [-0.3, -0.25) is 19.9 Å². The number of halogens is 1. The van der Waals surface area contributed by atoms with Gasteiger partial charge in [0.15, 0.2) is 0 Å². The van der Waals surface area contributed by atoms with Crippen LogP contribution in [0.15, 0.2) is 41.0 Å². The number of anilines is 1. The van der Waals surface area contributed by atoms with Crippen LogP contribution in [0, 0.1) is 10.1 Å². The molecule has 1 aliphatic rings. The maximum atomic E-state index is 12.5. The fourth-order valence-corrected chi connectivity index (χ4v) is 2.95. The van der Waals surface area contributed by atoms with Crippen LogP contribution in [-0.2, 0) is 6.42 Å². The second-order valence-corrected chi connectivity index (χ2v) is 5.53. The molecule has 0 bridgehead atoms. The minimum absolute atomic E-state index is 0.0684.